The van der Waals surface area contributed by atoms with Crippen LogP contribution < -0.4 is 15.4 Å². The fourth-order valence-corrected chi connectivity index (χ4v) is 1.71. The van der Waals surface area contributed by atoms with E-state index >= 15 is 0 Å². The number of hydrogen-bond acceptors (Lipinski definition) is 2. The first-order chi connectivity index (χ1) is 9.61. The highest BCUT2D eigenvalue weighted by Gasteiger charge is 2.05. The van der Waals surface area contributed by atoms with Gasteiger partial charge in [0.25, 0.3) is 0 Å². The molecule has 0 aliphatic rings. The molecule has 0 amide bonds. The van der Waals surface area contributed by atoms with Crippen molar-refractivity contribution in [2.24, 2.45) is 10.9 Å². The van der Waals surface area contributed by atoms with Crippen LogP contribution in [0.3, 0.4) is 0 Å². The molecule has 112 valence electrons. The van der Waals surface area contributed by atoms with Crippen LogP contribution in [0, 0.1) is 5.92 Å². The highest BCUT2D eigenvalue weighted by molar-refractivity contribution is 5.79. The van der Waals surface area contributed by atoms with E-state index in [-0.39, 0.29) is 6.10 Å². The summed E-state index contributed by atoms with van der Waals surface area (Å²) in [6, 6.07) is 9.86. The molecule has 0 heterocycles. The Balaban J connectivity index is 2.26. The summed E-state index contributed by atoms with van der Waals surface area (Å²) >= 11 is 0. The molecule has 1 aromatic carbocycles. The van der Waals surface area contributed by atoms with E-state index in [2.05, 4.69) is 29.5 Å². The van der Waals surface area contributed by atoms with Crippen LogP contribution in [0.2, 0.25) is 0 Å². The summed E-state index contributed by atoms with van der Waals surface area (Å²) in [5.74, 6) is 2.42. The van der Waals surface area contributed by atoms with Crippen LogP contribution in [0.1, 0.15) is 27.2 Å². The van der Waals surface area contributed by atoms with Gasteiger partial charge >= 0.3 is 0 Å². The monoisotopic (exact) mass is 277 g/mol. The van der Waals surface area contributed by atoms with Gasteiger partial charge in [-0.05, 0) is 31.4 Å². The Kier molecular flexibility index (Phi) is 7.55. The number of nitrogens with zero attached hydrogens (tertiary/aromatic N) is 1. The lowest BCUT2D eigenvalue weighted by atomic mass is 10.1. The summed E-state index contributed by atoms with van der Waals surface area (Å²) in [6.07, 6.45) is 1.22. The van der Waals surface area contributed by atoms with Crippen LogP contribution in [-0.4, -0.2) is 32.2 Å². The Morgan fingerprint density at radius 3 is 2.45 bits per heavy atom. The van der Waals surface area contributed by atoms with Gasteiger partial charge in [-0.25, -0.2) is 0 Å². The summed E-state index contributed by atoms with van der Waals surface area (Å²) in [7, 11) is 1.79. The molecule has 4 nitrogen and oxygen atoms in total. The van der Waals surface area contributed by atoms with Crippen molar-refractivity contribution in [3.05, 3.63) is 30.3 Å². The van der Waals surface area contributed by atoms with Crippen molar-refractivity contribution >= 4 is 5.96 Å². The molecule has 0 fully saturated rings. The predicted octanol–water partition coefficient (Wildman–Crippen LogP) is 2.67. The van der Waals surface area contributed by atoms with Crippen LogP contribution in [0.4, 0.5) is 0 Å². The van der Waals surface area contributed by atoms with Gasteiger partial charge in [-0.1, -0.05) is 32.0 Å². The van der Waals surface area contributed by atoms with Gasteiger partial charge < -0.3 is 15.4 Å². The average Bonchev–Trinajstić information content (AvgIpc) is 2.43. The van der Waals surface area contributed by atoms with Crippen LogP contribution in [0.5, 0.6) is 5.75 Å². The van der Waals surface area contributed by atoms with Crippen LogP contribution in [0.25, 0.3) is 0 Å². The van der Waals surface area contributed by atoms with E-state index in [1.807, 2.05) is 37.3 Å². The van der Waals surface area contributed by atoms with E-state index in [1.54, 1.807) is 7.05 Å². The van der Waals surface area contributed by atoms with Crippen molar-refractivity contribution < 1.29 is 4.74 Å². The summed E-state index contributed by atoms with van der Waals surface area (Å²) in [4.78, 5) is 4.20. The zero-order chi connectivity index (χ0) is 14.8. The number of guanidine groups is 1. The number of ether oxygens (including phenoxy) is 1. The second kappa shape index (κ2) is 9.23. The molecule has 1 rings (SSSR count). The standard InChI is InChI=1S/C16H27N3O/c1-13(2)10-11-18-16(17-4)19-12-14(3)20-15-8-6-5-7-9-15/h5-9,13-14H,10-12H2,1-4H3,(H2,17,18,19). The molecule has 1 aromatic rings. The smallest absolute Gasteiger partial charge is 0.191 e. The molecular formula is C16H27N3O. The second-order valence-corrected chi connectivity index (χ2v) is 5.30. The molecule has 1 unspecified atom stereocenters. The van der Waals surface area contributed by atoms with Gasteiger partial charge in [0.15, 0.2) is 5.96 Å². The Morgan fingerprint density at radius 2 is 1.85 bits per heavy atom. The maximum absolute atomic E-state index is 5.81. The molecule has 0 bridgehead atoms. The lowest BCUT2D eigenvalue weighted by Gasteiger charge is -2.18. The van der Waals surface area contributed by atoms with Crippen molar-refractivity contribution in [3.8, 4) is 5.75 Å². The minimum atomic E-state index is 0.0843. The van der Waals surface area contributed by atoms with Crippen LogP contribution >= 0.6 is 0 Å². The third-order valence-corrected chi connectivity index (χ3v) is 2.88. The number of rotatable bonds is 7. The predicted molar refractivity (Wildman–Crippen MR) is 85.4 cm³/mol. The molecular weight excluding hydrogens is 250 g/mol. The number of hydrogen-bond donors (Lipinski definition) is 2. The van der Waals surface area contributed by atoms with Crippen molar-refractivity contribution in [1.82, 2.24) is 10.6 Å². The maximum atomic E-state index is 5.81. The summed E-state index contributed by atoms with van der Waals surface area (Å²) in [5, 5.41) is 6.58. The summed E-state index contributed by atoms with van der Waals surface area (Å²) in [6.45, 7) is 8.13. The highest BCUT2D eigenvalue weighted by Crippen LogP contribution is 2.10. The number of nitrogens with one attached hydrogen (secondary N) is 2. The third kappa shape index (κ3) is 7.02. The molecule has 0 aliphatic carbocycles. The third-order valence-electron chi connectivity index (χ3n) is 2.88. The normalized spacial score (nSPS) is 13.2. The van der Waals surface area contributed by atoms with Crippen molar-refractivity contribution in [2.75, 3.05) is 20.1 Å². The highest BCUT2D eigenvalue weighted by atomic mass is 16.5. The fraction of sp³-hybridized carbons (Fsp3) is 0.562. The van der Waals surface area contributed by atoms with E-state index < -0.39 is 0 Å². The molecule has 4 heteroatoms. The molecule has 1 atom stereocenters. The van der Waals surface area contributed by atoms with Gasteiger partial charge in [-0.2, -0.15) is 0 Å². The Hall–Kier alpha value is -1.71. The first-order valence-electron chi connectivity index (χ1n) is 7.28. The molecule has 20 heavy (non-hydrogen) atoms. The Morgan fingerprint density at radius 1 is 1.15 bits per heavy atom. The van der Waals surface area contributed by atoms with Gasteiger partial charge in [-0.15, -0.1) is 0 Å². The zero-order valence-electron chi connectivity index (χ0n) is 13.0. The molecule has 0 aliphatic heterocycles. The van der Waals surface area contributed by atoms with Gasteiger partial charge in [0.05, 0.1) is 6.54 Å². The van der Waals surface area contributed by atoms with Crippen LogP contribution in [-0.2, 0) is 0 Å². The van der Waals surface area contributed by atoms with E-state index in [9.17, 15) is 0 Å². The molecule has 0 saturated carbocycles. The molecule has 2 N–H and O–H groups in total. The van der Waals surface area contributed by atoms with E-state index in [4.69, 9.17) is 4.74 Å². The summed E-state index contributed by atoms with van der Waals surface area (Å²) < 4.78 is 5.81. The lowest BCUT2D eigenvalue weighted by molar-refractivity contribution is 0.224. The quantitative estimate of drug-likeness (QED) is 0.595. The number of aliphatic imine (C=N–C) groups is 1. The Bertz CT molecular complexity index is 390. The van der Waals surface area contributed by atoms with Crippen LogP contribution in [0.15, 0.2) is 35.3 Å². The number of benzene rings is 1. The lowest BCUT2D eigenvalue weighted by Crippen LogP contribution is -2.42. The molecule has 0 aromatic heterocycles. The number of para-hydroxylation sites is 1. The SMILES string of the molecule is CN=C(NCCC(C)C)NCC(C)Oc1ccccc1. The van der Waals surface area contributed by atoms with Crippen molar-refractivity contribution in [2.45, 2.75) is 33.3 Å². The average molecular weight is 277 g/mol. The molecule has 0 radical (unpaired) electrons. The first kappa shape index (κ1) is 16.3. The van der Waals surface area contributed by atoms with Gasteiger partial charge in [-0.3, -0.25) is 4.99 Å². The van der Waals surface area contributed by atoms with E-state index in [0.29, 0.717) is 5.92 Å². The minimum absolute atomic E-state index is 0.0843. The fourth-order valence-electron chi connectivity index (χ4n) is 1.71. The van der Waals surface area contributed by atoms with Gasteiger partial charge in [0.2, 0.25) is 0 Å². The van der Waals surface area contributed by atoms with E-state index in [0.717, 1.165) is 31.2 Å². The zero-order valence-corrected chi connectivity index (χ0v) is 13.0. The van der Waals surface area contributed by atoms with Gasteiger partial charge in [0, 0.05) is 13.6 Å². The topological polar surface area (TPSA) is 45.7 Å². The largest absolute Gasteiger partial charge is 0.489 e. The van der Waals surface area contributed by atoms with Gasteiger partial charge in [0.1, 0.15) is 11.9 Å². The van der Waals surface area contributed by atoms with E-state index in [1.165, 1.54) is 0 Å². The Labute approximate surface area is 122 Å². The van der Waals surface area contributed by atoms with Crippen molar-refractivity contribution in [3.63, 3.8) is 0 Å². The molecule has 0 spiro atoms. The first-order valence-corrected chi connectivity index (χ1v) is 7.28. The maximum Gasteiger partial charge on any atom is 0.191 e. The second-order valence-electron chi connectivity index (χ2n) is 5.30. The molecule has 0 saturated heterocycles. The summed E-state index contributed by atoms with van der Waals surface area (Å²) in [5.41, 5.74) is 0. The van der Waals surface area contributed by atoms with Crippen molar-refractivity contribution in [1.29, 1.82) is 0 Å². The minimum Gasteiger partial charge on any atom is -0.489 e.